The monoisotopic (exact) mass is 486 g/mol. The van der Waals surface area contributed by atoms with Gasteiger partial charge in [0.2, 0.25) is 0 Å². The van der Waals surface area contributed by atoms with Gasteiger partial charge in [-0.25, -0.2) is 0 Å². The summed E-state index contributed by atoms with van der Waals surface area (Å²) < 4.78 is 0. The molecule has 0 heterocycles. The van der Waals surface area contributed by atoms with E-state index in [1.807, 2.05) is 0 Å². The van der Waals surface area contributed by atoms with Crippen LogP contribution in [0.5, 0.6) is 0 Å². The number of fused-ring (bicyclic) bond motifs is 4. The van der Waals surface area contributed by atoms with Gasteiger partial charge in [-0.2, -0.15) is 0 Å². The molecule has 6 aromatic carbocycles. The largest absolute Gasteiger partial charge is 0.0713 e. The number of aryl methyl sites for hydroxylation is 2. The lowest BCUT2D eigenvalue weighted by atomic mass is 9.67. The summed E-state index contributed by atoms with van der Waals surface area (Å²) in [7, 11) is 0. The number of rotatable bonds is 4. The number of benzene rings is 6. The molecule has 0 bridgehead atoms. The summed E-state index contributed by atoms with van der Waals surface area (Å²) in [5.41, 5.74) is 12.8. The first-order valence-corrected chi connectivity index (χ1v) is 13.6. The molecule has 0 aliphatic heterocycles. The Hall–Kier alpha value is -4.42. The van der Waals surface area contributed by atoms with Gasteiger partial charge in [-0.05, 0) is 80.3 Å². The molecule has 0 amide bonds. The molecule has 1 aliphatic rings. The van der Waals surface area contributed by atoms with Crippen molar-refractivity contribution in [2.75, 3.05) is 0 Å². The molecule has 1 unspecified atom stereocenters. The molecule has 182 valence electrons. The zero-order valence-corrected chi connectivity index (χ0v) is 21.9. The van der Waals surface area contributed by atoms with Crippen LogP contribution in [-0.2, 0) is 11.8 Å². The fourth-order valence-corrected chi connectivity index (χ4v) is 6.51. The molecule has 0 fully saturated rings. The molecule has 0 heteroatoms. The Bertz CT molecular complexity index is 1780. The van der Waals surface area contributed by atoms with Crippen molar-refractivity contribution in [2.45, 2.75) is 25.7 Å². The molecule has 0 spiro atoms. The van der Waals surface area contributed by atoms with Gasteiger partial charge >= 0.3 is 0 Å². The molecule has 6 aromatic rings. The van der Waals surface area contributed by atoms with Crippen molar-refractivity contribution >= 4 is 10.8 Å². The van der Waals surface area contributed by atoms with Crippen molar-refractivity contribution in [3.63, 3.8) is 0 Å². The van der Waals surface area contributed by atoms with Crippen LogP contribution in [0.1, 0.15) is 40.3 Å². The highest BCUT2D eigenvalue weighted by molar-refractivity contribution is 5.98. The van der Waals surface area contributed by atoms with Gasteiger partial charge in [0.1, 0.15) is 0 Å². The minimum Gasteiger partial charge on any atom is -0.0619 e. The molecule has 7 rings (SSSR count). The summed E-state index contributed by atoms with van der Waals surface area (Å²) in [5, 5.41) is 2.56. The summed E-state index contributed by atoms with van der Waals surface area (Å²) in [5.74, 6) is 0. The fraction of sp³-hybridized carbons (Fsp3) is 0.105. The maximum absolute atomic E-state index is 2.46. The second-order valence-corrected chi connectivity index (χ2v) is 10.5. The standard InChI is InChI=1S/C38H30/c1-3-27-17-22-31(23-18-27)38(30-20-15-26(2)16-21-30)36-14-7-6-12-34(36)35-24-19-29(25-37(35)38)33-13-8-10-28-9-4-5-11-32(28)33/h4-25H,3H2,1-2H3. The molecule has 0 aromatic heterocycles. The van der Waals surface area contributed by atoms with E-state index >= 15 is 0 Å². The lowest BCUT2D eigenvalue weighted by Gasteiger charge is -2.34. The third kappa shape index (κ3) is 3.30. The average molecular weight is 487 g/mol. The Balaban J connectivity index is 1.58. The second kappa shape index (κ2) is 8.85. The van der Waals surface area contributed by atoms with Crippen LogP contribution in [0.2, 0.25) is 0 Å². The zero-order chi connectivity index (χ0) is 25.7. The summed E-state index contributed by atoms with van der Waals surface area (Å²) >= 11 is 0. The molecular weight excluding hydrogens is 456 g/mol. The topological polar surface area (TPSA) is 0 Å². The third-order valence-corrected chi connectivity index (χ3v) is 8.43. The number of hydrogen-bond donors (Lipinski definition) is 0. The van der Waals surface area contributed by atoms with Crippen LogP contribution in [0.25, 0.3) is 33.0 Å². The van der Waals surface area contributed by atoms with Crippen LogP contribution in [0.3, 0.4) is 0 Å². The highest BCUT2D eigenvalue weighted by Crippen LogP contribution is 2.56. The van der Waals surface area contributed by atoms with Gasteiger partial charge in [0.25, 0.3) is 0 Å². The van der Waals surface area contributed by atoms with E-state index in [1.165, 1.54) is 66.4 Å². The van der Waals surface area contributed by atoms with E-state index in [-0.39, 0.29) is 5.41 Å². The van der Waals surface area contributed by atoms with Crippen LogP contribution in [0, 0.1) is 6.92 Å². The van der Waals surface area contributed by atoms with Crippen molar-refractivity contribution in [1.82, 2.24) is 0 Å². The Morgan fingerprint density at radius 1 is 0.526 bits per heavy atom. The summed E-state index contributed by atoms with van der Waals surface area (Å²) in [6.45, 7) is 4.39. The van der Waals surface area contributed by atoms with Gasteiger partial charge in [-0.3, -0.25) is 0 Å². The fourth-order valence-electron chi connectivity index (χ4n) is 6.51. The van der Waals surface area contributed by atoms with Gasteiger partial charge in [-0.15, -0.1) is 0 Å². The first-order valence-electron chi connectivity index (χ1n) is 13.6. The molecule has 0 saturated heterocycles. The van der Waals surface area contributed by atoms with Crippen molar-refractivity contribution in [1.29, 1.82) is 0 Å². The quantitative estimate of drug-likeness (QED) is 0.232. The Morgan fingerprint density at radius 3 is 1.95 bits per heavy atom. The summed E-state index contributed by atoms with van der Waals surface area (Å²) in [6.07, 6.45) is 1.04. The van der Waals surface area contributed by atoms with Crippen LogP contribution in [0.15, 0.2) is 133 Å². The maximum atomic E-state index is 2.46. The van der Waals surface area contributed by atoms with Gasteiger partial charge in [0.05, 0.1) is 5.41 Å². The van der Waals surface area contributed by atoms with E-state index in [0.29, 0.717) is 0 Å². The molecule has 0 nitrogen and oxygen atoms in total. The van der Waals surface area contributed by atoms with Crippen LogP contribution in [-0.4, -0.2) is 0 Å². The van der Waals surface area contributed by atoms with Crippen molar-refractivity contribution in [3.8, 4) is 22.3 Å². The zero-order valence-electron chi connectivity index (χ0n) is 21.9. The smallest absolute Gasteiger partial charge is 0.0619 e. The van der Waals surface area contributed by atoms with E-state index in [0.717, 1.165) is 6.42 Å². The van der Waals surface area contributed by atoms with Gasteiger partial charge in [-0.1, -0.05) is 140 Å². The Labute approximate surface area is 225 Å². The second-order valence-electron chi connectivity index (χ2n) is 10.5. The van der Waals surface area contributed by atoms with Crippen LogP contribution in [0.4, 0.5) is 0 Å². The first kappa shape index (κ1) is 22.8. The summed E-state index contributed by atoms with van der Waals surface area (Å²) in [4.78, 5) is 0. The normalized spacial score (nSPS) is 15.8. The molecule has 1 aliphatic carbocycles. The van der Waals surface area contributed by atoms with E-state index in [2.05, 4.69) is 147 Å². The Morgan fingerprint density at radius 2 is 1.16 bits per heavy atom. The summed E-state index contributed by atoms with van der Waals surface area (Å²) in [6, 6.07) is 50.0. The van der Waals surface area contributed by atoms with Crippen molar-refractivity contribution in [2.24, 2.45) is 0 Å². The molecule has 38 heavy (non-hydrogen) atoms. The number of hydrogen-bond acceptors (Lipinski definition) is 0. The van der Waals surface area contributed by atoms with Crippen LogP contribution < -0.4 is 0 Å². The minimum atomic E-state index is -0.382. The maximum Gasteiger partial charge on any atom is 0.0713 e. The van der Waals surface area contributed by atoms with Gasteiger partial charge < -0.3 is 0 Å². The highest BCUT2D eigenvalue weighted by Gasteiger charge is 2.46. The lowest BCUT2D eigenvalue weighted by Crippen LogP contribution is -2.28. The third-order valence-electron chi connectivity index (χ3n) is 8.43. The van der Waals surface area contributed by atoms with Crippen molar-refractivity contribution in [3.05, 3.63) is 167 Å². The van der Waals surface area contributed by atoms with E-state index in [1.54, 1.807) is 0 Å². The molecule has 0 N–H and O–H groups in total. The first-order chi connectivity index (χ1) is 18.7. The molecule has 1 atom stereocenters. The molecular formula is C38H30. The predicted octanol–water partition coefficient (Wildman–Crippen LogP) is 9.74. The predicted molar refractivity (Wildman–Crippen MR) is 161 cm³/mol. The van der Waals surface area contributed by atoms with Crippen LogP contribution >= 0.6 is 0 Å². The van der Waals surface area contributed by atoms with Crippen molar-refractivity contribution < 1.29 is 0 Å². The SMILES string of the molecule is CCc1ccc(C2(c3ccc(C)cc3)c3ccccc3-c3ccc(-c4cccc5ccccc45)cc32)cc1. The molecule has 0 saturated carbocycles. The van der Waals surface area contributed by atoms with Gasteiger partial charge in [0, 0.05) is 0 Å². The minimum absolute atomic E-state index is 0.382. The molecule has 0 radical (unpaired) electrons. The van der Waals surface area contributed by atoms with E-state index in [9.17, 15) is 0 Å². The lowest BCUT2D eigenvalue weighted by molar-refractivity contribution is 0.767. The highest BCUT2D eigenvalue weighted by atomic mass is 14.5. The average Bonchev–Trinajstić information content (AvgIpc) is 3.28. The van der Waals surface area contributed by atoms with E-state index < -0.39 is 0 Å². The van der Waals surface area contributed by atoms with Gasteiger partial charge in [0.15, 0.2) is 0 Å². The Kier molecular flexibility index (Phi) is 5.30. The van der Waals surface area contributed by atoms with E-state index in [4.69, 9.17) is 0 Å².